The Bertz CT molecular complexity index is 655. The first kappa shape index (κ1) is 18.7. The summed E-state index contributed by atoms with van der Waals surface area (Å²) < 4.78 is 5.19. The fraction of sp³-hybridized carbons (Fsp3) is 0.333. The van der Waals surface area contributed by atoms with Crippen molar-refractivity contribution in [2.24, 2.45) is 0 Å². The topological polar surface area (TPSA) is 55.4 Å². The molecule has 4 heteroatoms. The zero-order chi connectivity index (χ0) is 17.9. The summed E-state index contributed by atoms with van der Waals surface area (Å²) in [5, 5.41) is 2.97. The maximum absolute atomic E-state index is 12.1. The van der Waals surface area contributed by atoms with Crippen LogP contribution >= 0.6 is 0 Å². The van der Waals surface area contributed by atoms with Gasteiger partial charge in [-0.3, -0.25) is 9.59 Å². The number of esters is 1. The number of hydrogen-bond acceptors (Lipinski definition) is 3. The number of carbonyl (C=O) groups excluding carboxylic acids is 2. The van der Waals surface area contributed by atoms with Crippen LogP contribution in [0.1, 0.15) is 43.4 Å². The summed E-state index contributed by atoms with van der Waals surface area (Å²) in [6.07, 6.45) is 1.74. The van der Waals surface area contributed by atoms with E-state index < -0.39 is 0 Å². The number of carbonyl (C=O) groups is 2. The molecule has 0 aliphatic carbocycles. The predicted octanol–water partition coefficient (Wildman–Crippen LogP) is 3.82. The summed E-state index contributed by atoms with van der Waals surface area (Å²) in [5.74, 6) is -0.463. The fourth-order valence-electron chi connectivity index (χ4n) is 2.59. The van der Waals surface area contributed by atoms with Gasteiger partial charge in [-0.15, -0.1) is 0 Å². The van der Waals surface area contributed by atoms with Crippen LogP contribution in [0.15, 0.2) is 60.7 Å². The summed E-state index contributed by atoms with van der Waals surface area (Å²) in [6.45, 7) is 2.36. The lowest BCUT2D eigenvalue weighted by atomic mass is 10.0. The average Bonchev–Trinajstić information content (AvgIpc) is 2.66. The van der Waals surface area contributed by atoms with E-state index in [0.29, 0.717) is 13.0 Å². The average molecular weight is 339 g/mol. The van der Waals surface area contributed by atoms with E-state index in [1.165, 1.54) is 0 Å². The number of benzene rings is 2. The molecule has 2 aromatic carbocycles. The van der Waals surface area contributed by atoms with Gasteiger partial charge in [0.05, 0.1) is 19.1 Å². The Balaban J connectivity index is 1.67. The normalized spacial score (nSPS) is 11.6. The van der Waals surface area contributed by atoms with Crippen LogP contribution in [-0.4, -0.2) is 18.5 Å². The van der Waals surface area contributed by atoms with Crippen molar-refractivity contribution in [3.05, 3.63) is 71.8 Å². The molecule has 0 fully saturated rings. The van der Waals surface area contributed by atoms with Gasteiger partial charge < -0.3 is 10.1 Å². The Morgan fingerprint density at radius 3 is 2.24 bits per heavy atom. The van der Waals surface area contributed by atoms with E-state index in [0.717, 1.165) is 17.5 Å². The van der Waals surface area contributed by atoms with Gasteiger partial charge in [0.2, 0.25) is 5.91 Å². The summed E-state index contributed by atoms with van der Waals surface area (Å²) in [4.78, 5) is 23.8. The van der Waals surface area contributed by atoms with Crippen LogP contribution in [0.25, 0.3) is 0 Å². The molecule has 0 aliphatic heterocycles. The molecule has 0 heterocycles. The monoisotopic (exact) mass is 339 g/mol. The summed E-state index contributed by atoms with van der Waals surface area (Å²) >= 11 is 0. The van der Waals surface area contributed by atoms with Crippen LogP contribution in [0.3, 0.4) is 0 Å². The van der Waals surface area contributed by atoms with Crippen LogP contribution in [0.4, 0.5) is 0 Å². The minimum atomic E-state index is -0.334. The Kier molecular flexibility index (Phi) is 7.70. The van der Waals surface area contributed by atoms with Crippen LogP contribution in [0.5, 0.6) is 0 Å². The SMILES string of the molecule is CCC(NC(=O)CCC(=O)OCCc1ccccc1)c1ccccc1. The summed E-state index contributed by atoms with van der Waals surface area (Å²) in [5.41, 5.74) is 2.20. The Morgan fingerprint density at radius 1 is 0.960 bits per heavy atom. The Morgan fingerprint density at radius 2 is 1.60 bits per heavy atom. The van der Waals surface area contributed by atoms with Gasteiger partial charge in [-0.05, 0) is 17.5 Å². The van der Waals surface area contributed by atoms with Crippen LogP contribution in [0, 0.1) is 0 Å². The molecule has 0 aromatic heterocycles. The molecule has 1 unspecified atom stereocenters. The quantitative estimate of drug-likeness (QED) is 0.707. The molecular formula is C21H25NO3. The highest BCUT2D eigenvalue weighted by Gasteiger charge is 2.14. The molecule has 132 valence electrons. The fourth-order valence-corrected chi connectivity index (χ4v) is 2.59. The summed E-state index contributed by atoms with van der Waals surface area (Å²) in [6, 6.07) is 19.7. The molecule has 2 rings (SSSR count). The highest BCUT2D eigenvalue weighted by molar-refractivity contribution is 5.81. The van der Waals surface area contributed by atoms with Gasteiger partial charge in [-0.1, -0.05) is 67.6 Å². The minimum absolute atomic E-state index is 0.0252. The molecule has 1 atom stereocenters. The number of nitrogens with one attached hydrogen (secondary N) is 1. The molecule has 1 amide bonds. The lowest BCUT2D eigenvalue weighted by Gasteiger charge is -2.17. The molecule has 2 aromatic rings. The standard InChI is InChI=1S/C21H25NO3/c1-2-19(18-11-7-4-8-12-18)22-20(23)13-14-21(24)25-16-15-17-9-5-3-6-10-17/h3-12,19H,2,13-16H2,1H3,(H,22,23). The van der Waals surface area contributed by atoms with E-state index >= 15 is 0 Å². The predicted molar refractivity (Wildman–Crippen MR) is 98.0 cm³/mol. The van der Waals surface area contributed by atoms with Crippen molar-refractivity contribution in [3.63, 3.8) is 0 Å². The molecule has 0 saturated carbocycles. The van der Waals surface area contributed by atoms with Crippen molar-refractivity contribution in [3.8, 4) is 0 Å². The van der Waals surface area contributed by atoms with Crippen molar-refractivity contribution in [1.29, 1.82) is 0 Å². The molecule has 1 N–H and O–H groups in total. The molecule has 4 nitrogen and oxygen atoms in total. The van der Waals surface area contributed by atoms with Gasteiger partial charge in [0.25, 0.3) is 0 Å². The lowest BCUT2D eigenvalue weighted by molar-refractivity contribution is -0.145. The van der Waals surface area contributed by atoms with E-state index in [-0.39, 0.29) is 30.8 Å². The van der Waals surface area contributed by atoms with Gasteiger partial charge >= 0.3 is 5.97 Å². The summed E-state index contributed by atoms with van der Waals surface area (Å²) in [7, 11) is 0. The molecule has 0 spiro atoms. The van der Waals surface area contributed by atoms with Gasteiger partial charge in [-0.25, -0.2) is 0 Å². The van der Waals surface area contributed by atoms with Gasteiger partial charge in [-0.2, -0.15) is 0 Å². The largest absolute Gasteiger partial charge is 0.465 e. The second kappa shape index (κ2) is 10.3. The second-order valence-corrected chi connectivity index (χ2v) is 5.90. The highest BCUT2D eigenvalue weighted by Crippen LogP contribution is 2.16. The zero-order valence-electron chi connectivity index (χ0n) is 14.6. The van der Waals surface area contributed by atoms with Crippen LogP contribution in [-0.2, 0) is 20.7 Å². The van der Waals surface area contributed by atoms with Crippen molar-refractivity contribution < 1.29 is 14.3 Å². The second-order valence-electron chi connectivity index (χ2n) is 5.90. The van der Waals surface area contributed by atoms with E-state index in [2.05, 4.69) is 5.32 Å². The number of hydrogen-bond donors (Lipinski definition) is 1. The third kappa shape index (κ3) is 6.79. The van der Waals surface area contributed by atoms with Crippen LogP contribution < -0.4 is 5.32 Å². The first-order valence-corrected chi connectivity index (χ1v) is 8.73. The zero-order valence-corrected chi connectivity index (χ0v) is 14.6. The molecular weight excluding hydrogens is 314 g/mol. The third-order valence-corrected chi connectivity index (χ3v) is 4.00. The number of ether oxygens (including phenoxy) is 1. The molecule has 0 radical (unpaired) electrons. The van der Waals surface area contributed by atoms with Gasteiger partial charge in [0.1, 0.15) is 0 Å². The van der Waals surface area contributed by atoms with Crippen LogP contribution in [0.2, 0.25) is 0 Å². The molecule has 0 aliphatic rings. The molecule has 25 heavy (non-hydrogen) atoms. The Labute approximate surface area is 149 Å². The number of rotatable bonds is 9. The van der Waals surface area contributed by atoms with E-state index in [4.69, 9.17) is 4.74 Å². The first-order chi connectivity index (χ1) is 12.2. The maximum atomic E-state index is 12.1. The lowest BCUT2D eigenvalue weighted by Crippen LogP contribution is -2.28. The third-order valence-electron chi connectivity index (χ3n) is 4.00. The van der Waals surface area contributed by atoms with E-state index in [1.807, 2.05) is 67.6 Å². The van der Waals surface area contributed by atoms with Crippen molar-refractivity contribution in [2.75, 3.05) is 6.61 Å². The minimum Gasteiger partial charge on any atom is -0.465 e. The van der Waals surface area contributed by atoms with Gasteiger partial charge in [0, 0.05) is 12.8 Å². The Hall–Kier alpha value is -2.62. The first-order valence-electron chi connectivity index (χ1n) is 8.73. The molecule has 0 saturated heterocycles. The molecule has 0 bridgehead atoms. The van der Waals surface area contributed by atoms with Crippen molar-refractivity contribution >= 4 is 11.9 Å². The number of amides is 1. The van der Waals surface area contributed by atoms with E-state index in [9.17, 15) is 9.59 Å². The smallest absolute Gasteiger partial charge is 0.306 e. The maximum Gasteiger partial charge on any atom is 0.306 e. The van der Waals surface area contributed by atoms with Crippen molar-refractivity contribution in [2.45, 2.75) is 38.6 Å². The van der Waals surface area contributed by atoms with Crippen molar-refractivity contribution in [1.82, 2.24) is 5.32 Å². The van der Waals surface area contributed by atoms with Gasteiger partial charge in [0.15, 0.2) is 0 Å². The van der Waals surface area contributed by atoms with E-state index in [1.54, 1.807) is 0 Å². The highest BCUT2D eigenvalue weighted by atomic mass is 16.5.